The molecule has 6 heterocycles. The number of aliphatic carboxylic acids is 2. The summed E-state index contributed by atoms with van der Waals surface area (Å²) in [4.78, 5) is 61.8. The molecule has 21 heteroatoms. The lowest BCUT2D eigenvalue weighted by Crippen LogP contribution is -2.71. The molecule has 2 amide bonds. The number of fused-ring (bicyclic) bond motifs is 2. The Hall–Kier alpha value is -5.28. The van der Waals surface area contributed by atoms with Crippen molar-refractivity contribution >= 4 is 80.7 Å². The third-order valence-corrected chi connectivity index (χ3v) is 10.3. The van der Waals surface area contributed by atoms with Gasteiger partial charge >= 0.3 is 17.6 Å². The molecule has 0 unspecified atom stereocenters. The van der Waals surface area contributed by atoms with Gasteiger partial charge in [-0.1, -0.05) is 5.16 Å². The van der Waals surface area contributed by atoms with Crippen molar-refractivity contribution in [2.75, 3.05) is 11.5 Å². The molecule has 2 aliphatic rings. The highest BCUT2D eigenvalue weighted by atomic mass is 32.2. The molecule has 8 N–H and O–H groups in total. The Balaban J connectivity index is 1.20. The molecule has 4 aromatic heterocycles. The summed E-state index contributed by atoms with van der Waals surface area (Å²) in [7, 11) is 0. The molecule has 1 saturated heterocycles. The van der Waals surface area contributed by atoms with E-state index in [2.05, 4.69) is 19.8 Å². The number of nitrogens with zero attached hydrogens (tertiary/aromatic N) is 7. The number of carbonyl (C=O) groups excluding carboxylic acids is 2. The molecule has 0 aliphatic carbocycles. The highest BCUT2D eigenvalue weighted by Gasteiger charge is 2.54. The quantitative estimate of drug-likeness (QED) is 0.0369. The van der Waals surface area contributed by atoms with Crippen molar-refractivity contribution in [3.8, 4) is 0 Å². The number of hydrogen-bond acceptors (Lipinski definition) is 13. The first-order valence-electron chi connectivity index (χ1n) is 14.0. The first-order chi connectivity index (χ1) is 22.7. The Labute approximate surface area is 282 Å². The normalized spacial score (nSPS) is 18.1. The van der Waals surface area contributed by atoms with Gasteiger partial charge in [0.05, 0.1) is 18.8 Å². The summed E-state index contributed by atoms with van der Waals surface area (Å²) in [6, 6.07) is 2.65. The van der Waals surface area contributed by atoms with Crippen LogP contribution in [-0.4, -0.2) is 91.7 Å². The van der Waals surface area contributed by atoms with Crippen LogP contribution in [0, 0.1) is 5.41 Å². The van der Waals surface area contributed by atoms with Crippen molar-refractivity contribution in [2.24, 2.45) is 10.9 Å². The van der Waals surface area contributed by atoms with Crippen LogP contribution in [0.4, 0.5) is 5.13 Å². The minimum atomic E-state index is -1.80. The highest BCUT2D eigenvalue weighted by Crippen LogP contribution is 2.40. The third-order valence-electron chi connectivity index (χ3n) is 7.52. The van der Waals surface area contributed by atoms with Crippen molar-refractivity contribution in [2.45, 2.75) is 44.0 Å². The van der Waals surface area contributed by atoms with Crippen LogP contribution in [0.15, 0.2) is 52.5 Å². The Morgan fingerprint density at radius 3 is 2.71 bits per heavy atom. The fraction of sp³-hybridized carbons (Fsp3) is 0.296. The van der Waals surface area contributed by atoms with E-state index in [1.54, 1.807) is 0 Å². The summed E-state index contributed by atoms with van der Waals surface area (Å²) in [6.45, 7) is 3.18. The molecule has 4 aromatic rings. The van der Waals surface area contributed by atoms with E-state index in [9.17, 15) is 29.4 Å². The fourth-order valence-corrected chi connectivity index (χ4v) is 7.65. The van der Waals surface area contributed by atoms with E-state index in [-0.39, 0.29) is 34.8 Å². The zero-order valence-electron chi connectivity index (χ0n) is 25.2. The minimum absolute atomic E-state index is 0.00372. The van der Waals surface area contributed by atoms with Gasteiger partial charge in [0.25, 0.3) is 11.8 Å². The number of thioether (sulfide) groups is 1. The van der Waals surface area contributed by atoms with Crippen LogP contribution in [0.1, 0.15) is 30.1 Å². The Morgan fingerprint density at radius 2 is 2.06 bits per heavy atom. The fourth-order valence-electron chi connectivity index (χ4n) is 5.00. The van der Waals surface area contributed by atoms with Gasteiger partial charge in [0.15, 0.2) is 11.3 Å². The van der Waals surface area contributed by atoms with Gasteiger partial charge in [0.1, 0.15) is 35.7 Å². The number of rotatable bonds is 12. The largest absolute Gasteiger partial charge is 0.478 e. The molecule has 2 atom stereocenters. The number of amidine groups is 1. The van der Waals surface area contributed by atoms with Crippen molar-refractivity contribution in [1.29, 1.82) is 5.41 Å². The first kappa shape index (κ1) is 32.7. The predicted octanol–water partition coefficient (Wildman–Crippen LogP) is -0.121. The summed E-state index contributed by atoms with van der Waals surface area (Å²) >= 11 is 3.56. The molecule has 0 bridgehead atoms. The lowest BCUT2D eigenvalue weighted by molar-refractivity contribution is -0.661. The number of amides is 2. The molecule has 0 radical (unpaired) electrons. The maximum Gasteiger partial charge on any atom is 0.352 e. The van der Waals surface area contributed by atoms with Crippen LogP contribution < -0.4 is 21.4 Å². The number of carboxylic acids is 2. The second-order valence-corrected chi connectivity index (χ2v) is 14.1. The van der Waals surface area contributed by atoms with Crippen LogP contribution in [-0.2, 0) is 37.1 Å². The topological polar surface area (TPSA) is 260 Å². The smallest absolute Gasteiger partial charge is 0.352 e. The van der Waals surface area contributed by atoms with E-state index in [0.717, 1.165) is 27.0 Å². The standard InChI is InChI=1S/C27H27N11O7S3/c1-27(2,25(43)44)45-33-16(20-32-26(30)48-34-20)21(39)31-17-22(40)38-18(24(41)42)13(11-47-23(17)38)8-36-4-3-15-35(5-6-37(15)36)9-14-7-12(10-46-14)19(28)29/h3-7,10,17,23H,8-9,11H2,1-2H3,(H7-,28,29,30,31,32,34,39,41,42,43,44)/p+1/b33-16-/t17-,23-/m1/s1. The number of nitrogen functional groups attached to an aromatic ring is 2. The number of β-lactam (4-membered cyclic amide) rings is 1. The molecule has 0 spiro atoms. The number of carbonyl (C=O) groups is 4. The Kier molecular flexibility index (Phi) is 8.43. The summed E-state index contributed by atoms with van der Waals surface area (Å²) in [5.74, 6) is -4.18. The zero-order chi connectivity index (χ0) is 34.5. The van der Waals surface area contributed by atoms with Gasteiger partial charge in [-0.2, -0.15) is 9.36 Å². The van der Waals surface area contributed by atoms with Crippen molar-refractivity contribution < 1.29 is 38.8 Å². The van der Waals surface area contributed by atoms with Crippen LogP contribution >= 0.6 is 34.6 Å². The molecule has 6 rings (SSSR count). The van der Waals surface area contributed by atoms with Crippen molar-refractivity contribution in [1.82, 2.24) is 28.8 Å². The summed E-state index contributed by atoms with van der Waals surface area (Å²) in [5, 5.41) is 34.5. The average Bonchev–Trinajstić information content (AvgIpc) is 3.83. The Morgan fingerprint density at radius 1 is 1.29 bits per heavy atom. The van der Waals surface area contributed by atoms with Crippen molar-refractivity contribution in [3.63, 3.8) is 0 Å². The van der Waals surface area contributed by atoms with Gasteiger partial charge in [0.2, 0.25) is 17.1 Å². The second kappa shape index (κ2) is 12.4. The molecule has 0 saturated carbocycles. The number of nitrogens with one attached hydrogen (secondary N) is 2. The van der Waals surface area contributed by atoms with E-state index in [0.29, 0.717) is 17.7 Å². The van der Waals surface area contributed by atoms with Crippen LogP contribution in [0.25, 0.3) is 5.65 Å². The van der Waals surface area contributed by atoms with E-state index in [1.165, 1.54) is 36.9 Å². The Bertz CT molecular complexity index is 2060. The molecular weight excluding hydrogens is 687 g/mol. The monoisotopic (exact) mass is 714 g/mol. The maximum atomic E-state index is 13.4. The van der Waals surface area contributed by atoms with Gasteiger partial charge in [-0.05, 0) is 25.5 Å². The number of thiophene rings is 1. The highest BCUT2D eigenvalue weighted by molar-refractivity contribution is 8.00. The average molecular weight is 715 g/mol. The second-order valence-electron chi connectivity index (χ2n) is 11.2. The lowest BCUT2D eigenvalue weighted by Gasteiger charge is -2.49. The van der Waals surface area contributed by atoms with Gasteiger partial charge in [-0.3, -0.25) is 19.9 Å². The zero-order valence-corrected chi connectivity index (χ0v) is 27.6. The minimum Gasteiger partial charge on any atom is -0.478 e. The molecule has 48 heavy (non-hydrogen) atoms. The van der Waals surface area contributed by atoms with Crippen LogP contribution in [0.2, 0.25) is 0 Å². The number of hydrogen-bond donors (Lipinski definition) is 6. The molecule has 1 fully saturated rings. The van der Waals surface area contributed by atoms with Gasteiger partial charge in [-0.25, -0.2) is 18.8 Å². The van der Waals surface area contributed by atoms with Gasteiger partial charge in [0, 0.05) is 33.1 Å². The summed E-state index contributed by atoms with van der Waals surface area (Å²) < 4.78 is 9.66. The number of nitrogens with two attached hydrogens (primary N) is 2. The summed E-state index contributed by atoms with van der Waals surface area (Å²) in [5.41, 5.74) is 10.8. The SMILES string of the molecule is CC(C)(O/N=C(\C(=O)N[C@@H]1C(=O)N2C(C(=O)O)=C(Cn3ccc4n3cc[n+]4Cc3cc(C(=N)N)cs3)CS[C@H]12)c1nsc(N)n1)C(=O)O. The van der Waals surface area contributed by atoms with E-state index < -0.39 is 46.5 Å². The van der Waals surface area contributed by atoms with E-state index in [1.807, 2.05) is 49.9 Å². The molecular formula is C27H28N11O7S3+. The molecule has 250 valence electrons. The molecule has 0 aromatic carbocycles. The maximum absolute atomic E-state index is 13.4. The van der Waals surface area contributed by atoms with Crippen molar-refractivity contribution in [3.05, 3.63) is 63.6 Å². The van der Waals surface area contributed by atoms with Crippen LogP contribution in [0.5, 0.6) is 0 Å². The van der Waals surface area contributed by atoms with E-state index in [4.69, 9.17) is 21.7 Å². The number of aromatic nitrogens is 5. The third kappa shape index (κ3) is 5.97. The van der Waals surface area contributed by atoms with Crippen LogP contribution in [0.3, 0.4) is 0 Å². The molecule has 18 nitrogen and oxygen atoms in total. The number of imidazole rings is 1. The predicted molar refractivity (Wildman–Crippen MR) is 173 cm³/mol. The number of carboxylic acid groups (broad SMARTS) is 2. The van der Waals surface area contributed by atoms with Gasteiger partial charge in [-0.15, -0.1) is 27.6 Å². The lowest BCUT2D eigenvalue weighted by atomic mass is 10.0. The number of oxime groups is 1. The summed E-state index contributed by atoms with van der Waals surface area (Å²) in [6.07, 6.45) is 5.56. The first-order valence-corrected chi connectivity index (χ1v) is 16.7. The molecule has 2 aliphatic heterocycles. The van der Waals surface area contributed by atoms with Gasteiger partial charge < -0.3 is 31.8 Å². The number of anilines is 1. The van der Waals surface area contributed by atoms with E-state index >= 15 is 0 Å².